The number of benzene rings is 1. The minimum atomic E-state index is 0.701. The Balaban J connectivity index is 2.36. The Kier molecular flexibility index (Phi) is 6.10. The van der Waals surface area contributed by atoms with E-state index >= 15 is 0 Å². The Labute approximate surface area is 93.5 Å². The fourth-order valence-corrected chi connectivity index (χ4v) is 1.91. The van der Waals surface area contributed by atoms with Crippen molar-refractivity contribution in [3.63, 3.8) is 0 Å². The van der Waals surface area contributed by atoms with Gasteiger partial charge in [0.1, 0.15) is 0 Å². The third-order valence-electron chi connectivity index (χ3n) is 2.81. The molecule has 0 amide bonds. The summed E-state index contributed by atoms with van der Waals surface area (Å²) in [5.41, 5.74) is 1.47. The van der Waals surface area contributed by atoms with Crippen molar-refractivity contribution >= 4 is 0 Å². The lowest BCUT2D eigenvalue weighted by molar-refractivity contribution is 0.141. The summed E-state index contributed by atoms with van der Waals surface area (Å²) < 4.78 is 5.36. The van der Waals surface area contributed by atoms with Crippen LogP contribution in [0, 0.1) is 0 Å². The van der Waals surface area contributed by atoms with E-state index in [9.17, 15) is 0 Å². The van der Waals surface area contributed by atoms with Gasteiger partial charge >= 0.3 is 0 Å². The number of ether oxygens (including phenoxy) is 1. The zero-order chi connectivity index (χ0) is 10.9. The van der Waals surface area contributed by atoms with E-state index in [2.05, 4.69) is 44.2 Å². The molecular weight excluding hydrogens is 184 g/mol. The van der Waals surface area contributed by atoms with E-state index in [1.165, 1.54) is 24.8 Å². The SMILES string of the molecule is CCOCCCC(CC)c1ccccc1. The van der Waals surface area contributed by atoms with Crippen LogP contribution in [0.25, 0.3) is 0 Å². The number of hydrogen-bond donors (Lipinski definition) is 0. The van der Waals surface area contributed by atoms with Crippen LogP contribution in [-0.2, 0) is 4.74 Å². The molecule has 0 aliphatic heterocycles. The van der Waals surface area contributed by atoms with Crippen molar-refractivity contribution in [2.75, 3.05) is 13.2 Å². The second-order valence-corrected chi connectivity index (χ2v) is 3.86. The molecule has 0 saturated carbocycles. The second kappa shape index (κ2) is 7.47. The van der Waals surface area contributed by atoms with E-state index in [1.807, 2.05) is 0 Å². The summed E-state index contributed by atoms with van der Waals surface area (Å²) in [6.07, 6.45) is 3.62. The normalized spacial score (nSPS) is 12.7. The molecule has 0 aliphatic carbocycles. The minimum absolute atomic E-state index is 0.701. The highest BCUT2D eigenvalue weighted by Gasteiger charge is 2.07. The molecule has 0 radical (unpaired) electrons. The molecule has 1 unspecified atom stereocenters. The third kappa shape index (κ3) is 4.48. The molecule has 1 heteroatoms. The van der Waals surface area contributed by atoms with Gasteiger partial charge in [0.15, 0.2) is 0 Å². The van der Waals surface area contributed by atoms with Gasteiger partial charge in [0.05, 0.1) is 0 Å². The van der Waals surface area contributed by atoms with Gasteiger partial charge in [-0.25, -0.2) is 0 Å². The summed E-state index contributed by atoms with van der Waals surface area (Å²) in [6.45, 7) is 6.05. The fraction of sp³-hybridized carbons (Fsp3) is 0.571. The van der Waals surface area contributed by atoms with Crippen LogP contribution in [-0.4, -0.2) is 13.2 Å². The Morgan fingerprint density at radius 3 is 2.47 bits per heavy atom. The zero-order valence-corrected chi connectivity index (χ0v) is 9.91. The van der Waals surface area contributed by atoms with E-state index in [0.29, 0.717) is 5.92 Å². The summed E-state index contributed by atoms with van der Waals surface area (Å²) in [7, 11) is 0. The summed E-state index contributed by atoms with van der Waals surface area (Å²) in [5, 5.41) is 0. The van der Waals surface area contributed by atoms with Crippen LogP contribution in [0.3, 0.4) is 0 Å². The maximum absolute atomic E-state index is 5.36. The molecule has 0 spiro atoms. The molecule has 0 saturated heterocycles. The second-order valence-electron chi connectivity index (χ2n) is 3.86. The molecule has 1 rings (SSSR count). The topological polar surface area (TPSA) is 9.23 Å². The molecule has 0 aromatic heterocycles. The van der Waals surface area contributed by atoms with Crippen LogP contribution < -0.4 is 0 Å². The van der Waals surface area contributed by atoms with E-state index in [1.54, 1.807) is 0 Å². The molecule has 0 bridgehead atoms. The smallest absolute Gasteiger partial charge is 0.0466 e. The highest BCUT2D eigenvalue weighted by Crippen LogP contribution is 2.24. The van der Waals surface area contributed by atoms with Gasteiger partial charge in [-0.3, -0.25) is 0 Å². The van der Waals surface area contributed by atoms with Crippen LogP contribution in [0.15, 0.2) is 30.3 Å². The maximum atomic E-state index is 5.36. The Morgan fingerprint density at radius 2 is 1.87 bits per heavy atom. The molecule has 1 aromatic carbocycles. The Morgan fingerprint density at radius 1 is 1.13 bits per heavy atom. The van der Waals surface area contributed by atoms with Crippen LogP contribution >= 0.6 is 0 Å². The highest BCUT2D eigenvalue weighted by molar-refractivity contribution is 5.19. The maximum Gasteiger partial charge on any atom is 0.0466 e. The van der Waals surface area contributed by atoms with Gasteiger partial charge in [-0.05, 0) is 37.7 Å². The van der Waals surface area contributed by atoms with Crippen LogP contribution in [0.1, 0.15) is 44.6 Å². The molecule has 0 fully saturated rings. The molecular formula is C14H22O. The first-order valence-corrected chi connectivity index (χ1v) is 6.01. The van der Waals surface area contributed by atoms with Gasteiger partial charge in [0.25, 0.3) is 0 Å². The minimum Gasteiger partial charge on any atom is -0.382 e. The Bertz CT molecular complexity index is 243. The average Bonchev–Trinajstić information content (AvgIpc) is 2.30. The molecule has 1 nitrogen and oxygen atoms in total. The van der Waals surface area contributed by atoms with E-state index in [-0.39, 0.29) is 0 Å². The summed E-state index contributed by atoms with van der Waals surface area (Å²) >= 11 is 0. The van der Waals surface area contributed by atoms with Crippen molar-refractivity contribution < 1.29 is 4.74 Å². The van der Waals surface area contributed by atoms with Crippen molar-refractivity contribution in [1.82, 2.24) is 0 Å². The van der Waals surface area contributed by atoms with Crippen molar-refractivity contribution in [3.8, 4) is 0 Å². The quantitative estimate of drug-likeness (QED) is 0.613. The summed E-state index contributed by atoms with van der Waals surface area (Å²) in [6, 6.07) is 10.8. The standard InChI is InChI=1S/C14H22O/c1-3-13(11-8-12-15-4-2)14-9-6-5-7-10-14/h5-7,9-10,13H,3-4,8,11-12H2,1-2H3. The van der Waals surface area contributed by atoms with Crippen LogP contribution in [0.5, 0.6) is 0 Å². The van der Waals surface area contributed by atoms with Gasteiger partial charge in [-0.1, -0.05) is 37.3 Å². The van der Waals surface area contributed by atoms with Gasteiger partial charge in [-0.15, -0.1) is 0 Å². The number of hydrogen-bond acceptors (Lipinski definition) is 1. The van der Waals surface area contributed by atoms with E-state index in [4.69, 9.17) is 4.74 Å². The lowest BCUT2D eigenvalue weighted by Crippen LogP contribution is -2.00. The summed E-state index contributed by atoms with van der Waals surface area (Å²) in [5.74, 6) is 0.701. The first-order valence-electron chi connectivity index (χ1n) is 6.01. The van der Waals surface area contributed by atoms with Gasteiger partial charge < -0.3 is 4.74 Å². The predicted molar refractivity (Wildman–Crippen MR) is 65.2 cm³/mol. The first kappa shape index (κ1) is 12.3. The van der Waals surface area contributed by atoms with E-state index < -0.39 is 0 Å². The van der Waals surface area contributed by atoms with Gasteiger partial charge in [0, 0.05) is 13.2 Å². The van der Waals surface area contributed by atoms with Crippen LogP contribution in [0.2, 0.25) is 0 Å². The number of rotatable bonds is 7. The Hall–Kier alpha value is -0.820. The molecule has 0 N–H and O–H groups in total. The van der Waals surface area contributed by atoms with Crippen molar-refractivity contribution in [3.05, 3.63) is 35.9 Å². The molecule has 15 heavy (non-hydrogen) atoms. The molecule has 1 atom stereocenters. The molecule has 84 valence electrons. The molecule has 1 aromatic rings. The van der Waals surface area contributed by atoms with E-state index in [0.717, 1.165) is 13.2 Å². The first-order chi connectivity index (χ1) is 7.38. The van der Waals surface area contributed by atoms with Crippen molar-refractivity contribution in [1.29, 1.82) is 0 Å². The molecule has 0 heterocycles. The average molecular weight is 206 g/mol. The fourth-order valence-electron chi connectivity index (χ4n) is 1.91. The van der Waals surface area contributed by atoms with Crippen molar-refractivity contribution in [2.45, 2.75) is 39.0 Å². The lowest BCUT2D eigenvalue weighted by Gasteiger charge is -2.14. The molecule has 0 aliphatic rings. The van der Waals surface area contributed by atoms with Crippen molar-refractivity contribution in [2.24, 2.45) is 0 Å². The monoisotopic (exact) mass is 206 g/mol. The third-order valence-corrected chi connectivity index (χ3v) is 2.81. The highest BCUT2D eigenvalue weighted by atomic mass is 16.5. The van der Waals surface area contributed by atoms with Gasteiger partial charge in [0.2, 0.25) is 0 Å². The lowest BCUT2D eigenvalue weighted by atomic mass is 9.92. The zero-order valence-electron chi connectivity index (χ0n) is 9.91. The van der Waals surface area contributed by atoms with Gasteiger partial charge in [-0.2, -0.15) is 0 Å². The predicted octanol–water partition coefficient (Wildman–Crippen LogP) is 4.00. The largest absolute Gasteiger partial charge is 0.382 e. The summed E-state index contributed by atoms with van der Waals surface area (Å²) in [4.78, 5) is 0. The van der Waals surface area contributed by atoms with Crippen LogP contribution in [0.4, 0.5) is 0 Å².